The van der Waals surface area contributed by atoms with Crippen molar-refractivity contribution in [2.24, 2.45) is 5.92 Å². The normalized spacial score (nSPS) is 16.2. The zero-order valence-electron chi connectivity index (χ0n) is 15.7. The standard InChI is InChI=1S/C21H22FN3O4/c22-16-8-2-4-10-18(16)24-21(29)25-11-5-7-15(13-25)20(28)23-17-9-3-1-6-14(17)12-19(26)27/h1-4,6,8-10,15H,5,7,11-13H2,(H,23,28)(H,24,29)(H,26,27). The first-order valence-corrected chi connectivity index (χ1v) is 9.35. The molecule has 2 aromatic rings. The molecule has 3 amide bonds. The minimum Gasteiger partial charge on any atom is -0.481 e. The molecule has 8 heteroatoms. The van der Waals surface area contributed by atoms with Crippen molar-refractivity contribution in [2.75, 3.05) is 23.7 Å². The second-order valence-electron chi connectivity index (χ2n) is 6.91. The van der Waals surface area contributed by atoms with Crippen molar-refractivity contribution in [3.8, 4) is 0 Å². The van der Waals surface area contributed by atoms with E-state index in [4.69, 9.17) is 5.11 Å². The number of rotatable bonds is 5. The van der Waals surface area contributed by atoms with E-state index in [0.29, 0.717) is 30.6 Å². The van der Waals surface area contributed by atoms with Crippen LogP contribution in [0.1, 0.15) is 18.4 Å². The summed E-state index contributed by atoms with van der Waals surface area (Å²) in [7, 11) is 0. The van der Waals surface area contributed by atoms with Crippen molar-refractivity contribution >= 4 is 29.3 Å². The Morgan fingerprint density at radius 2 is 1.72 bits per heavy atom. The number of urea groups is 1. The minimum absolute atomic E-state index is 0.0895. The number of nitrogens with zero attached hydrogens (tertiary/aromatic N) is 1. The largest absolute Gasteiger partial charge is 0.481 e. The van der Waals surface area contributed by atoms with Crippen LogP contribution in [0.5, 0.6) is 0 Å². The lowest BCUT2D eigenvalue weighted by Crippen LogP contribution is -2.45. The highest BCUT2D eigenvalue weighted by molar-refractivity contribution is 5.95. The van der Waals surface area contributed by atoms with Crippen LogP contribution in [-0.4, -0.2) is 41.0 Å². The molecule has 1 aliphatic heterocycles. The van der Waals surface area contributed by atoms with E-state index in [1.807, 2.05) is 0 Å². The molecule has 1 aliphatic rings. The van der Waals surface area contributed by atoms with Crippen molar-refractivity contribution < 1.29 is 23.9 Å². The second kappa shape index (κ2) is 9.18. The number of hydrogen-bond donors (Lipinski definition) is 3. The van der Waals surface area contributed by atoms with Crippen LogP contribution >= 0.6 is 0 Å². The van der Waals surface area contributed by atoms with E-state index in [9.17, 15) is 18.8 Å². The molecule has 2 aromatic carbocycles. The third-order valence-electron chi connectivity index (χ3n) is 4.81. The number of piperidine rings is 1. The molecule has 1 atom stereocenters. The van der Waals surface area contributed by atoms with Gasteiger partial charge in [0.05, 0.1) is 18.0 Å². The number of halogens is 1. The summed E-state index contributed by atoms with van der Waals surface area (Å²) in [5.74, 6) is -2.22. The van der Waals surface area contributed by atoms with E-state index >= 15 is 0 Å². The number of benzene rings is 2. The smallest absolute Gasteiger partial charge is 0.321 e. The summed E-state index contributed by atoms with van der Waals surface area (Å²) in [6.45, 7) is 0.673. The van der Waals surface area contributed by atoms with Crippen LogP contribution in [-0.2, 0) is 16.0 Å². The topological polar surface area (TPSA) is 98.7 Å². The van der Waals surface area contributed by atoms with Gasteiger partial charge in [0, 0.05) is 18.8 Å². The minimum atomic E-state index is -0.986. The maximum Gasteiger partial charge on any atom is 0.321 e. The number of carboxylic acids is 1. The number of carbonyl (C=O) groups is 3. The molecule has 1 fully saturated rings. The van der Waals surface area contributed by atoms with Crippen LogP contribution in [0.2, 0.25) is 0 Å². The summed E-state index contributed by atoms with van der Waals surface area (Å²) >= 11 is 0. The molecule has 7 nitrogen and oxygen atoms in total. The number of anilines is 2. The summed E-state index contributed by atoms with van der Waals surface area (Å²) in [5.41, 5.74) is 1.05. The average molecular weight is 399 g/mol. The fourth-order valence-corrected chi connectivity index (χ4v) is 3.33. The van der Waals surface area contributed by atoms with Crippen molar-refractivity contribution in [1.82, 2.24) is 4.90 Å². The molecule has 0 aromatic heterocycles. The summed E-state index contributed by atoms with van der Waals surface area (Å²) in [6.07, 6.45) is 1.05. The Balaban J connectivity index is 1.63. The summed E-state index contributed by atoms with van der Waals surface area (Å²) in [6, 6.07) is 12.2. The first-order valence-electron chi connectivity index (χ1n) is 9.35. The molecule has 1 heterocycles. The predicted molar refractivity (Wildman–Crippen MR) is 106 cm³/mol. The lowest BCUT2D eigenvalue weighted by Gasteiger charge is -2.32. The molecule has 1 unspecified atom stereocenters. The first kappa shape index (κ1) is 20.3. The fraction of sp³-hybridized carbons (Fsp3) is 0.286. The summed E-state index contributed by atoms with van der Waals surface area (Å²) in [4.78, 5) is 37.7. The van der Waals surface area contributed by atoms with Gasteiger partial charge in [-0.25, -0.2) is 9.18 Å². The quantitative estimate of drug-likeness (QED) is 0.718. The van der Waals surface area contributed by atoms with Crippen LogP contribution in [0, 0.1) is 11.7 Å². The summed E-state index contributed by atoms with van der Waals surface area (Å²) < 4.78 is 13.8. The van der Waals surface area contributed by atoms with Crippen LogP contribution in [0.15, 0.2) is 48.5 Å². The van der Waals surface area contributed by atoms with Crippen molar-refractivity contribution in [2.45, 2.75) is 19.3 Å². The molecule has 152 valence electrons. The van der Waals surface area contributed by atoms with E-state index in [1.54, 1.807) is 30.3 Å². The van der Waals surface area contributed by atoms with Crippen LogP contribution in [0.25, 0.3) is 0 Å². The third-order valence-corrected chi connectivity index (χ3v) is 4.81. The SMILES string of the molecule is O=C(O)Cc1ccccc1NC(=O)C1CCCN(C(=O)Nc2ccccc2F)C1. The third kappa shape index (κ3) is 5.31. The van der Waals surface area contributed by atoms with Crippen LogP contribution < -0.4 is 10.6 Å². The molecule has 0 bridgehead atoms. The van der Waals surface area contributed by atoms with E-state index in [1.165, 1.54) is 23.1 Å². The Labute approximate surface area is 167 Å². The number of hydrogen-bond acceptors (Lipinski definition) is 3. The molecule has 3 rings (SSSR count). The van der Waals surface area contributed by atoms with Crippen LogP contribution in [0.4, 0.5) is 20.6 Å². The second-order valence-corrected chi connectivity index (χ2v) is 6.91. The van der Waals surface area contributed by atoms with E-state index < -0.39 is 23.7 Å². The van der Waals surface area contributed by atoms with Gasteiger partial charge in [-0.2, -0.15) is 0 Å². The number of likely N-dealkylation sites (tertiary alicyclic amines) is 1. The number of aliphatic carboxylic acids is 1. The van der Waals surface area contributed by atoms with Gasteiger partial charge in [0.25, 0.3) is 0 Å². The first-order chi connectivity index (χ1) is 13.9. The fourth-order valence-electron chi connectivity index (χ4n) is 3.33. The number of para-hydroxylation sites is 2. The highest BCUT2D eigenvalue weighted by Gasteiger charge is 2.29. The number of carboxylic acid groups (broad SMARTS) is 1. The van der Waals surface area contributed by atoms with Gasteiger partial charge in [-0.05, 0) is 36.6 Å². The Hall–Kier alpha value is -3.42. The van der Waals surface area contributed by atoms with Gasteiger partial charge in [-0.15, -0.1) is 0 Å². The molecule has 0 radical (unpaired) electrons. The molecule has 29 heavy (non-hydrogen) atoms. The maximum absolute atomic E-state index is 13.8. The van der Waals surface area contributed by atoms with Gasteiger partial charge in [-0.3, -0.25) is 9.59 Å². The van der Waals surface area contributed by atoms with Crippen molar-refractivity contribution in [1.29, 1.82) is 0 Å². The molecule has 0 spiro atoms. The Kier molecular flexibility index (Phi) is 6.43. The number of amides is 3. The highest BCUT2D eigenvalue weighted by Crippen LogP contribution is 2.22. The molecular formula is C21H22FN3O4. The molecule has 0 saturated carbocycles. The molecule has 0 aliphatic carbocycles. The van der Waals surface area contributed by atoms with Gasteiger partial charge >= 0.3 is 12.0 Å². The highest BCUT2D eigenvalue weighted by atomic mass is 19.1. The number of carbonyl (C=O) groups excluding carboxylic acids is 2. The predicted octanol–water partition coefficient (Wildman–Crippen LogP) is 3.34. The van der Waals surface area contributed by atoms with Gasteiger partial charge in [-0.1, -0.05) is 30.3 Å². The lowest BCUT2D eigenvalue weighted by molar-refractivity contribution is -0.136. The average Bonchev–Trinajstić information content (AvgIpc) is 2.71. The molecule has 3 N–H and O–H groups in total. The van der Waals surface area contributed by atoms with Crippen molar-refractivity contribution in [3.63, 3.8) is 0 Å². The summed E-state index contributed by atoms with van der Waals surface area (Å²) in [5, 5.41) is 14.3. The van der Waals surface area contributed by atoms with Gasteiger partial charge in [0.2, 0.25) is 5.91 Å². The van der Waals surface area contributed by atoms with Gasteiger partial charge in [0.1, 0.15) is 5.82 Å². The Morgan fingerprint density at radius 1 is 1.03 bits per heavy atom. The van der Waals surface area contributed by atoms with E-state index in [2.05, 4.69) is 10.6 Å². The Morgan fingerprint density at radius 3 is 2.45 bits per heavy atom. The zero-order valence-corrected chi connectivity index (χ0v) is 15.7. The number of nitrogens with one attached hydrogen (secondary N) is 2. The van der Waals surface area contributed by atoms with E-state index in [0.717, 1.165) is 0 Å². The van der Waals surface area contributed by atoms with E-state index in [-0.39, 0.29) is 24.6 Å². The molecule has 1 saturated heterocycles. The maximum atomic E-state index is 13.8. The van der Waals surface area contributed by atoms with Crippen molar-refractivity contribution in [3.05, 3.63) is 59.9 Å². The molecular weight excluding hydrogens is 377 g/mol. The lowest BCUT2D eigenvalue weighted by atomic mass is 9.97. The van der Waals surface area contributed by atoms with Gasteiger partial charge < -0.3 is 20.6 Å². The Bertz CT molecular complexity index is 918. The van der Waals surface area contributed by atoms with Gasteiger partial charge in [0.15, 0.2) is 0 Å². The zero-order chi connectivity index (χ0) is 20.8. The van der Waals surface area contributed by atoms with Crippen LogP contribution in [0.3, 0.4) is 0 Å². The monoisotopic (exact) mass is 399 g/mol.